The number of hydrogen-bond donors (Lipinski definition) is 3. The molecule has 0 radical (unpaired) electrons. The van der Waals surface area contributed by atoms with Crippen LogP contribution in [0.2, 0.25) is 0 Å². The van der Waals surface area contributed by atoms with E-state index in [1.807, 2.05) is 6.92 Å². The maximum atomic E-state index is 12.1. The first kappa shape index (κ1) is 26.1. The van der Waals surface area contributed by atoms with Crippen molar-refractivity contribution in [1.29, 1.82) is 0 Å². The summed E-state index contributed by atoms with van der Waals surface area (Å²) in [6.07, 6.45) is 2.98. The van der Waals surface area contributed by atoms with E-state index in [4.69, 9.17) is 0 Å². The summed E-state index contributed by atoms with van der Waals surface area (Å²) in [7, 11) is 0. The molecule has 0 rings (SSSR count). The van der Waals surface area contributed by atoms with Crippen LogP contribution >= 0.6 is 0 Å². The minimum atomic E-state index is -0.393. The van der Waals surface area contributed by atoms with Crippen LogP contribution in [0.4, 0.5) is 0 Å². The zero-order valence-electron chi connectivity index (χ0n) is 18.1. The number of carbonyl (C=O) groups is 4. The smallest absolute Gasteiger partial charge is 0.244 e. The SMILES string of the molecule is CC(C)CNC(C)C(=O)CCNC(C)C(=O)CCNC(=O)/C=C\C(=O)C(C)C. The molecule has 0 aromatic rings. The van der Waals surface area contributed by atoms with Gasteiger partial charge in [0.15, 0.2) is 17.3 Å². The van der Waals surface area contributed by atoms with Crippen LogP contribution in [0, 0.1) is 11.8 Å². The largest absolute Gasteiger partial charge is 0.352 e. The molecule has 0 aliphatic rings. The molecule has 0 aliphatic heterocycles. The summed E-state index contributed by atoms with van der Waals surface area (Å²) in [5, 5.41) is 8.83. The van der Waals surface area contributed by atoms with Gasteiger partial charge in [-0.3, -0.25) is 19.2 Å². The molecule has 3 N–H and O–H groups in total. The highest BCUT2D eigenvalue weighted by Gasteiger charge is 2.15. The van der Waals surface area contributed by atoms with E-state index >= 15 is 0 Å². The molecule has 160 valence electrons. The van der Waals surface area contributed by atoms with Crippen molar-refractivity contribution in [1.82, 2.24) is 16.0 Å². The highest BCUT2D eigenvalue weighted by Crippen LogP contribution is 1.97. The molecule has 0 aromatic carbocycles. The van der Waals surface area contributed by atoms with Gasteiger partial charge in [-0.25, -0.2) is 0 Å². The summed E-state index contributed by atoms with van der Waals surface area (Å²) in [6, 6.07) is -0.581. The third-order valence-corrected chi connectivity index (χ3v) is 4.26. The predicted octanol–water partition coefficient (Wildman–Crippen LogP) is 1.41. The molecule has 0 saturated heterocycles. The lowest BCUT2D eigenvalue weighted by Crippen LogP contribution is -2.40. The summed E-state index contributed by atoms with van der Waals surface area (Å²) in [5.41, 5.74) is 0. The fourth-order valence-corrected chi connectivity index (χ4v) is 2.20. The average molecular weight is 396 g/mol. The van der Waals surface area contributed by atoms with Gasteiger partial charge in [0.2, 0.25) is 5.91 Å². The van der Waals surface area contributed by atoms with Gasteiger partial charge in [-0.2, -0.15) is 0 Å². The van der Waals surface area contributed by atoms with Crippen molar-refractivity contribution in [2.45, 2.75) is 66.5 Å². The maximum Gasteiger partial charge on any atom is 0.244 e. The van der Waals surface area contributed by atoms with Crippen LogP contribution in [0.25, 0.3) is 0 Å². The number of hydrogen-bond acceptors (Lipinski definition) is 6. The average Bonchev–Trinajstić information content (AvgIpc) is 2.63. The third kappa shape index (κ3) is 12.5. The lowest BCUT2D eigenvalue weighted by atomic mass is 10.1. The van der Waals surface area contributed by atoms with Gasteiger partial charge < -0.3 is 16.0 Å². The first-order valence-corrected chi connectivity index (χ1v) is 10.1. The van der Waals surface area contributed by atoms with Gasteiger partial charge in [-0.15, -0.1) is 0 Å². The van der Waals surface area contributed by atoms with E-state index in [9.17, 15) is 19.2 Å². The van der Waals surface area contributed by atoms with E-state index in [0.29, 0.717) is 18.9 Å². The van der Waals surface area contributed by atoms with Crippen molar-refractivity contribution in [3.63, 3.8) is 0 Å². The minimum Gasteiger partial charge on any atom is -0.352 e. The molecule has 0 spiro atoms. The molecular weight excluding hydrogens is 358 g/mol. The van der Waals surface area contributed by atoms with E-state index in [1.165, 1.54) is 12.2 Å². The Kier molecular flexibility index (Phi) is 13.2. The maximum absolute atomic E-state index is 12.1. The van der Waals surface area contributed by atoms with Crippen molar-refractivity contribution in [3.05, 3.63) is 12.2 Å². The monoisotopic (exact) mass is 395 g/mol. The number of amides is 1. The van der Waals surface area contributed by atoms with Crippen molar-refractivity contribution in [3.8, 4) is 0 Å². The third-order valence-electron chi connectivity index (χ3n) is 4.26. The minimum absolute atomic E-state index is 0.0408. The van der Waals surface area contributed by atoms with Gasteiger partial charge in [0.05, 0.1) is 12.1 Å². The molecule has 0 aromatic heterocycles. The Morgan fingerprint density at radius 1 is 0.750 bits per heavy atom. The molecule has 2 atom stereocenters. The van der Waals surface area contributed by atoms with E-state index < -0.39 is 5.91 Å². The fourth-order valence-electron chi connectivity index (χ4n) is 2.20. The number of nitrogens with one attached hydrogen (secondary N) is 3. The summed E-state index contributed by atoms with van der Waals surface area (Å²) >= 11 is 0. The Morgan fingerprint density at radius 2 is 1.29 bits per heavy atom. The Bertz CT molecular complexity index is 556. The molecule has 1 amide bonds. The molecule has 0 heterocycles. The van der Waals surface area contributed by atoms with E-state index in [1.54, 1.807) is 20.8 Å². The molecule has 2 unspecified atom stereocenters. The predicted molar refractivity (Wildman–Crippen MR) is 111 cm³/mol. The fraction of sp³-hybridized carbons (Fsp3) is 0.714. The van der Waals surface area contributed by atoms with Crippen LogP contribution < -0.4 is 16.0 Å². The lowest BCUT2D eigenvalue weighted by molar-refractivity contribution is -0.122. The van der Waals surface area contributed by atoms with Gasteiger partial charge in [-0.1, -0.05) is 27.7 Å². The molecule has 28 heavy (non-hydrogen) atoms. The molecule has 0 fully saturated rings. The number of carbonyl (C=O) groups excluding carboxylic acids is 4. The first-order valence-electron chi connectivity index (χ1n) is 10.1. The number of Topliss-reactive ketones (excluding diaryl/α,β-unsaturated/α-hetero) is 2. The second kappa shape index (κ2) is 14.2. The number of rotatable bonds is 15. The molecule has 0 bridgehead atoms. The second-order valence-electron chi connectivity index (χ2n) is 7.81. The van der Waals surface area contributed by atoms with E-state index in [0.717, 1.165) is 6.54 Å². The van der Waals surface area contributed by atoms with Crippen molar-refractivity contribution in [2.75, 3.05) is 19.6 Å². The Balaban J connectivity index is 4.02. The van der Waals surface area contributed by atoms with Gasteiger partial charge in [0.25, 0.3) is 0 Å². The van der Waals surface area contributed by atoms with Crippen LogP contribution in [0.15, 0.2) is 12.2 Å². The van der Waals surface area contributed by atoms with Crippen LogP contribution in [0.1, 0.15) is 54.4 Å². The topological polar surface area (TPSA) is 104 Å². The lowest BCUT2D eigenvalue weighted by Gasteiger charge is -2.16. The zero-order valence-corrected chi connectivity index (χ0v) is 18.1. The normalized spacial score (nSPS) is 13.7. The molecule has 0 aliphatic carbocycles. The highest BCUT2D eigenvalue weighted by molar-refractivity contribution is 5.98. The van der Waals surface area contributed by atoms with Gasteiger partial charge in [0.1, 0.15) is 0 Å². The van der Waals surface area contributed by atoms with Crippen molar-refractivity contribution in [2.24, 2.45) is 11.8 Å². The van der Waals surface area contributed by atoms with Crippen molar-refractivity contribution >= 4 is 23.3 Å². The number of ketones is 3. The first-order chi connectivity index (χ1) is 13.0. The van der Waals surface area contributed by atoms with Crippen LogP contribution in [0.5, 0.6) is 0 Å². The van der Waals surface area contributed by atoms with E-state index in [2.05, 4.69) is 29.8 Å². The quantitative estimate of drug-likeness (QED) is 0.362. The molecule has 7 nitrogen and oxygen atoms in total. The van der Waals surface area contributed by atoms with Gasteiger partial charge in [0, 0.05) is 37.9 Å². The summed E-state index contributed by atoms with van der Waals surface area (Å²) in [5.74, 6) is -0.108. The standard InChI is InChI=1S/C21H37N3O4/c1-14(2)13-24-17(6)20(27)9-11-22-16(5)19(26)10-12-23-21(28)8-7-18(25)15(3)4/h7-8,14-17,22,24H,9-13H2,1-6H3,(H,23,28)/b8-7-. The summed E-state index contributed by atoms with van der Waals surface area (Å²) in [4.78, 5) is 47.1. The zero-order chi connectivity index (χ0) is 21.7. The summed E-state index contributed by atoms with van der Waals surface area (Å²) in [6.45, 7) is 12.7. The van der Waals surface area contributed by atoms with Crippen LogP contribution in [0.3, 0.4) is 0 Å². The Morgan fingerprint density at radius 3 is 1.82 bits per heavy atom. The summed E-state index contributed by atoms with van der Waals surface area (Å²) < 4.78 is 0. The van der Waals surface area contributed by atoms with Crippen molar-refractivity contribution < 1.29 is 19.2 Å². The Hall–Kier alpha value is -1.86. The highest BCUT2D eigenvalue weighted by atomic mass is 16.2. The second-order valence-corrected chi connectivity index (χ2v) is 7.81. The Labute approximate surface area is 169 Å². The van der Waals surface area contributed by atoms with Crippen LogP contribution in [-0.4, -0.2) is 55.0 Å². The molecule has 7 heteroatoms. The van der Waals surface area contributed by atoms with Gasteiger partial charge >= 0.3 is 0 Å². The van der Waals surface area contributed by atoms with E-state index in [-0.39, 0.29) is 48.3 Å². The molecule has 0 saturated carbocycles. The number of allylic oxidation sites excluding steroid dienone is 1. The van der Waals surface area contributed by atoms with Crippen LogP contribution in [-0.2, 0) is 19.2 Å². The van der Waals surface area contributed by atoms with Gasteiger partial charge in [-0.05, 0) is 32.4 Å². The molecular formula is C21H37N3O4.